The summed E-state index contributed by atoms with van der Waals surface area (Å²) in [6.45, 7) is 3.09. The smallest absolute Gasteiger partial charge is 0.190 e. The first-order valence-electron chi connectivity index (χ1n) is 6.33. The molecule has 1 unspecified atom stereocenters. The minimum atomic E-state index is -0.0316. The summed E-state index contributed by atoms with van der Waals surface area (Å²) in [5, 5.41) is 13.7. The van der Waals surface area contributed by atoms with Crippen LogP contribution in [-0.4, -0.2) is 27.6 Å². The van der Waals surface area contributed by atoms with Crippen LogP contribution in [0.4, 0.5) is 5.82 Å². The molecule has 1 atom stereocenters. The van der Waals surface area contributed by atoms with E-state index in [1.54, 1.807) is 6.20 Å². The lowest BCUT2D eigenvalue weighted by Crippen LogP contribution is -2.34. The lowest BCUT2D eigenvalue weighted by atomic mass is 10.0. The van der Waals surface area contributed by atoms with Gasteiger partial charge in [-0.1, -0.05) is 5.16 Å². The minimum Gasteiger partial charge on any atom is -0.409 e. The van der Waals surface area contributed by atoms with Crippen molar-refractivity contribution in [1.29, 1.82) is 0 Å². The maximum absolute atomic E-state index is 8.62. The van der Waals surface area contributed by atoms with E-state index in [9.17, 15) is 0 Å². The lowest BCUT2D eigenvalue weighted by molar-refractivity contribution is 0.318. The molecule has 0 aliphatic carbocycles. The van der Waals surface area contributed by atoms with Crippen molar-refractivity contribution in [3.63, 3.8) is 0 Å². The Hall–Kier alpha value is -2.15. The number of fused-ring (bicyclic) bond motifs is 1. The van der Waals surface area contributed by atoms with Gasteiger partial charge in [0.2, 0.25) is 0 Å². The normalized spacial score (nSPS) is 18.9. The molecule has 0 spiro atoms. The highest BCUT2D eigenvalue weighted by molar-refractivity contribution is 7.10. The molecule has 6 nitrogen and oxygen atoms in total. The van der Waals surface area contributed by atoms with Gasteiger partial charge in [-0.25, -0.2) is 9.97 Å². The van der Waals surface area contributed by atoms with E-state index < -0.39 is 0 Å². The number of amidine groups is 1. The van der Waals surface area contributed by atoms with E-state index in [1.165, 1.54) is 16.6 Å². The zero-order valence-electron chi connectivity index (χ0n) is 11.0. The van der Waals surface area contributed by atoms with Gasteiger partial charge in [-0.2, -0.15) is 0 Å². The van der Waals surface area contributed by atoms with Crippen LogP contribution in [0.3, 0.4) is 0 Å². The molecule has 0 amide bonds. The number of anilines is 1. The molecular formula is C13H15N5OS. The Labute approximate surface area is 120 Å². The standard InChI is InChI=1S/C13H15N5OS/c1-8-9-3-5-20-11(9)2-4-18(8)12-7-15-10(6-16-12)13(14)17-19/h3,5-8,19H,2,4H2,1H3,(H2,14,17). The molecule has 20 heavy (non-hydrogen) atoms. The molecule has 3 heterocycles. The van der Waals surface area contributed by atoms with Gasteiger partial charge in [0.05, 0.1) is 18.4 Å². The molecule has 3 rings (SSSR count). The molecule has 0 fully saturated rings. The third-order valence-electron chi connectivity index (χ3n) is 3.58. The van der Waals surface area contributed by atoms with Crippen molar-refractivity contribution in [3.8, 4) is 0 Å². The van der Waals surface area contributed by atoms with Crippen LogP contribution < -0.4 is 10.6 Å². The third kappa shape index (κ3) is 2.09. The molecule has 2 aromatic heterocycles. The second kappa shape index (κ2) is 5.09. The van der Waals surface area contributed by atoms with E-state index in [1.807, 2.05) is 11.3 Å². The van der Waals surface area contributed by atoms with E-state index in [0.29, 0.717) is 5.69 Å². The number of hydrogen-bond acceptors (Lipinski definition) is 6. The van der Waals surface area contributed by atoms with Crippen LogP contribution in [0.2, 0.25) is 0 Å². The summed E-state index contributed by atoms with van der Waals surface area (Å²) in [4.78, 5) is 12.2. The zero-order valence-corrected chi connectivity index (χ0v) is 11.8. The lowest BCUT2D eigenvalue weighted by Gasteiger charge is -2.34. The van der Waals surface area contributed by atoms with Gasteiger partial charge in [0.1, 0.15) is 11.5 Å². The first-order valence-corrected chi connectivity index (χ1v) is 7.21. The van der Waals surface area contributed by atoms with Crippen molar-refractivity contribution in [2.24, 2.45) is 10.9 Å². The number of hydrogen-bond donors (Lipinski definition) is 2. The van der Waals surface area contributed by atoms with Gasteiger partial charge in [0, 0.05) is 11.4 Å². The molecule has 0 saturated carbocycles. The van der Waals surface area contributed by atoms with Crippen LogP contribution >= 0.6 is 11.3 Å². The summed E-state index contributed by atoms with van der Waals surface area (Å²) in [6, 6.07) is 2.46. The topological polar surface area (TPSA) is 87.6 Å². The van der Waals surface area contributed by atoms with Gasteiger partial charge in [0.15, 0.2) is 5.84 Å². The summed E-state index contributed by atoms with van der Waals surface area (Å²) in [7, 11) is 0. The van der Waals surface area contributed by atoms with Crippen LogP contribution in [0.5, 0.6) is 0 Å². The summed E-state index contributed by atoms with van der Waals surface area (Å²) in [6.07, 6.45) is 4.22. The molecule has 104 valence electrons. The van der Waals surface area contributed by atoms with Crippen molar-refractivity contribution in [3.05, 3.63) is 40.0 Å². The van der Waals surface area contributed by atoms with Crippen molar-refractivity contribution in [2.45, 2.75) is 19.4 Å². The fourth-order valence-corrected chi connectivity index (χ4v) is 3.44. The quantitative estimate of drug-likeness (QED) is 0.381. The number of nitrogens with zero attached hydrogens (tertiary/aromatic N) is 4. The first-order chi connectivity index (χ1) is 9.70. The maximum Gasteiger partial charge on any atom is 0.190 e. The number of nitrogens with two attached hydrogens (primary N) is 1. The highest BCUT2D eigenvalue weighted by atomic mass is 32.1. The predicted molar refractivity (Wildman–Crippen MR) is 78.3 cm³/mol. The molecular weight excluding hydrogens is 274 g/mol. The molecule has 3 N–H and O–H groups in total. The van der Waals surface area contributed by atoms with Crippen molar-refractivity contribution in [2.75, 3.05) is 11.4 Å². The van der Waals surface area contributed by atoms with Gasteiger partial charge in [-0.15, -0.1) is 11.3 Å². The monoisotopic (exact) mass is 289 g/mol. The van der Waals surface area contributed by atoms with Crippen molar-refractivity contribution < 1.29 is 5.21 Å². The average Bonchev–Trinajstić information content (AvgIpc) is 2.96. The molecule has 2 aromatic rings. The molecule has 0 saturated heterocycles. The van der Waals surface area contributed by atoms with Crippen LogP contribution in [0.25, 0.3) is 0 Å². The van der Waals surface area contributed by atoms with Gasteiger partial charge < -0.3 is 15.8 Å². The summed E-state index contributed by atoms with van der Waals surface area (Å²) < 4.78 is 0. The fourth-order valence-electron chi connectivity index (χ4n) is 2.48. The molecule has 0 bridgehead atoms. The van der Waals surface area contributed by atoms with E-state index in [0.717, 1.165) is 18.8 Å². The first kappa shape index (κ1) is 12.9. The molecule has 1 aliphatic heterocycles. The van der Waals surface area contributed by atoms with Crippen LogP contribution in [0.1, 0.15) is 29.1 Å². The van der Waals surface area contributed by atoms with Gasteiger partial charge in [-0.3, -0.25) is 0 Å². The Balaban J connectivity index is 1.87. The fraction of sp³-hybridized carbons (Fsp3) is 0.308. The van der Waals surface area contributed by atoms with E-state index in [4.69, 9.17) is 10.9 Å². The second-order valence-electron chi connectivity index (χ2n) is 4.66. The Morgan fingerprint density at radius 2 is 2.35 bits per heavy atom. The van der Waals surface area contributed by atoms with Crippen LogP contribution in [0.15, 0.2) is 29.0 Å². The maximum atomic E-state index is 8.62. The highest BCUT2D eigenvalue weighted by Crippen LogP contribution is 2.34. The van der Waals surface area contributed by atoms with Gasteiger partial charge in [0.25, 0.3) is 0 Å². The van der Waals surface area contributed by atoms with Gasteiger partial charge in [-0.05, 0) is 30.4 Å². The van der Waals surface area contributed by atoms with Crippen molar-refractivity contribution in [1.82, 2.24) is 9.97 Å². The summed E-state index contributed by atoms with van der Waals surface area (Å²) in [5.41, 5.74) is 7.22. The Morgan fingerprint density at radius 3 is 3.05 bits per heavy atom. The molecule has 0 aromatic carbocycles. The summed E-state index contributed by atoms with van der Waals surface area (Å²) >= 11 is 1.81. The van der Waals surface area contributed by atoms with Gasteiger partial charge >= 0.3 is 0 Å². The molecule has 0 radical (unpaired) electrons. The van der Waals surface area contributed by atoms with Crippen molar-refractivity contribution >= 4 is 23.0 Å². The zero-order chi connectivity index (χ0) is 14.1. The molecule has 1 aliphatic rings. The van der Waals surface area contributed by atoms with E-state index >= 15 is 0 Å². The van der Waals surface area contributed by atoms with E-state index in [2.05, 4.69) is 38.4 Å². The Morgan fingerprint density at radius 1 is 1.50 bits per heavy atom. The minimum absolute atomic E-state index is 0.0316. The SMILES string of the molecule is CC1c2ccsc2CCN1c1cnc(C(N)=NO)cn1. The molecule has 7 heteroatoms. The number of rotatable bonds is 2. The number of thiophene rings is 1. The predicted octanol–water partition coefficient (Wildman–Crippen LogP) is 1.76. The Kier molecular flexibility index (Phi) is 3.27. The Bertz CT molecular complexity index is 636. The highest BCUT2D eigenvalue weighted by Gasteiger charge is 2.25. The van der Waals surface area contributed by atoms with Crippen LogP contribution in [0, 0.1) is 0 Å². The number of aromatic nitrogens is 2. The third-order valence-corrected chi connectivity index (χ3v) is 4.58. The summed E-state index contributed by atoms with van der Waals surface area (Å²) in [5.74, 6) is 0.778. The largest absolute Gasteiger partial charge is 0.409 e. The van der Waals surface area contributed by atoms with Crippen LogP contribution in [-0.2, 0) is 6.42 Å². The average molecular weight is 289 g/mol. The number of oxime groups is 1. The second-order valence-corrected chi connectivity index (χ2v) is 5.66. The van der Waals surface area contributed by atoms with E-state index in [-0.39, 0.29) is 11.9 Å².